The van der Waals surface area contributed by atoms with Crippen molar-refractivity contribution in [3.8, 4) is 0 Å². The third-order valence-electron chi connectivity index (χ3n) is 5.85. The molecule has 2 aromatic rings. The van der Waals surface area contributed by atoms with Gasteiger partial charge < -0.3 is 14.9 Å². The quantitative estimate of drug-likeness (QED) is 0.609. The number of anilines is 2. The number of hydrogen-bond acceptors (Lipinski definition) is 4. The van der Waals surface area contributed by atoms with Crippen molar-refractivity contribution in [2.24, 2.45) is 0 Å². The fourth-order valence-corrected chi connectivity index (χ4v) is 4.06. The number of rotatable bonds is 3. The second kappa shape index (κ2) is 11.7. The van der Waals surface area contributed by atoms with Crippen LogP contribution in [-0.4, -0.2) is 53.2 Å². The predicted molar refractivity (Wildman–Crippen MR) is 123 cm³/mol. The second-order valence-corrected chi connectivity index (χ2v) is 8.28. The number of carbonyl (C=O) groups is 2. The zero-order valence-corrected chi connectivity index (χ0v) is 18.9. The summed E-state index contributed by atoms with van der Waals surface area (Å²) in [5, 5.41) is 10.9. The van der Waals surface area contributed by atoms with E-state index in [2.05, 4.69) is 10.3 Å². The molecule has 1 saturated heterocycles. The van der Waals surface area contributed by atoms with Crippen LogP contribution < -0.4 is 10.2 Å². The van der Waals surface area contributed by atoms with Gasteiger partial charge in [-0.2, -0.15) is 13.2 Å². The van der Waals surface area contributed by atoms with Gasteiger partial charge >= 0.3 is 12.3 Å². The highest BCUT2D eigenvalue weighted by atomic mass is 19.4. The van der Waals surface area contributed by atoms with Crippen LogP contribution in [0.3, 0.4) is 0 Å². The molecule has 0 atom stereocenters. The van der Waals surface area contributed by atoms with Crippen LogP contribution in [0.15, 0.2) is 42.6 Å². The van der Waals surface area contributed by atoms with Crippen molar-refractivity contribution in [3.63, 3.8) is 0 Å². The maximum atomic E-state index is 13.1. The standard InChI is InChI=1S/C18H17F3N4O3.C6H12/c19-18(20,21)14-4-2-1-3-13(14)16(26)25-9-7-24(8-10-25)15-6-5-12(11-22-15)23-17(27)28;1-2-4-6-5-3-1/h1-6,11,23H,7-10H2,(H,27,28);1-6H2. The van der Waals surface area contributed by atoms with E-state index in [9.17, 15) is 22.8 Å². The van der Waals surface area contributed by atoms with Gasteiger partial charge in [0.25, 0.3) is 5.91 Å². The molecule has 1 aromatic heterocycles. The van der Waals surface area contributed by atoms with E-state index >= 15 is 0 Å². The topological polar surface area (TPSA) is 85.8 Å². The number of hydrogen-bond donors (Lipinski definition) is 2. The van der Waals surface area contributed by atoms with Crippen LogP contribution in [-0.2, 0) is 6.18 Å². The molecule has 184 valence electrons. The van der Waals surface area contributed by atoms with E-state index in [0.717, 1.165) is 6.07 Å². The minimum absolute atomic E-state index is 0.252. The van der Waals surface area contributed by atoms with Gasteiger partial charge in [0.2, 0.25) is 0 Å². The molecule has 34 heavy (non-hydrogen) atoms. The summed E-state index contributed by atoms with van der Waals surface area (Å²) in [5.74, 6) is -0.0553. The molecule has 0 spiro atoms. The summed E-state index contributed by atoms with van der Waals surface area (Å²) < 4.78 is 39.4. The highest BCUT2D eigenvalue weighted by Gasteiger charge is 2.36. The number of amides is 2. The zero-order valence-electron chi connectivity index (χ0n) is 18.9. The molecule has 1 aliphatic carbocycles. The van der Waals surface area contributed by atoms with Gasteiger partial charge in [-0.1, -0.05) is 50.7 Å². The smallest absolute Gasteiger partial charge is 0.417 e. The number of halogens is 3. The van der Waals surface area contributed by atoms with E-state index in [1.807, 2.05) is 4.90 Å². The Morgan fingerprint density at radius 1 is 0.882 bits per heavy atom. The first-order valence-corrected chi connectivity index (χ1v) is 11.4. The summed E-state index contributed by atoms with van der Waals surface area (Å²) in [6, 6.07) is 7.96. The van der Waals surface area contributed by atoms with Crippen LogP contribution in [0, 0.1) is 0 Å². The van der Waals surface area contributed by atoms with Crippen LogP contribution >= 0.6 is 0 Å². The van der Waals surface area contributed by atoms with Gasteiger partial charge in [0.05, 0.1) is 23.0 Å². The second-order valence-electron chi connectivity index (χ2n) is 8.28. The molecule has 2 fully saturated rings. The summed E-state index contributed by atoms with van der Waals surface area (Å²) in [5.41, 5.74) is -0.967. The highest BCUT2D eigenvalue weighted by molar-refractivity contribution is 5.96. The summed E-state index contributed by atoms with van der Waals surface area (Å²) in [7, 11) is 0. The third-order valence-corrected chi connectivity index (χ3v) is 5.85. The number of benzene rings is 1. The number of carboxylic acid groups (broad SMARTS) is 1. The fraction of sp³-hybridized carbons (Fsp3) is 0.458. The van der Waals surface area contributed by atoms with Crippen molar-refractivity contribution < 1.29 is 27.9 Å². The van der Waals surface area contributed by atoms with Gasteiger partial charge in [-0.05, 0) is 24.3 Å². The zero-order chi connectivity index (χ0) is 24.6. The summed E-state index contributed by atoms with van der Waals surface area (Å²) in [6.07, 6.45) is 4.59. The molecule has 0 radical (unpaired) electrons. The lowest BCUT2D eigenvalue weighted by Crippen LogP contribution is -2.49. The summed E-state index contributed by atoms with van der Waals surface area (Å²) >= 11 is 0. The van der Waals surface area contributed by atoms with Crippen LogP contribution in [0.4, 0.5) is 29.5 Å². The lowest BCUT2D eigenvalue weighted by molar-refractivity contribution is -0.138. The Labute approximate surface area is 196 Å². The monoisotopic (exact) mass is 478 g/mol. The normalized spacial score (nSPS) is 16.3. The predicted octanol–water partition coefficient (Wildman–Crippen LogP) is 5.49. The molecular formula is C24H29F3N4O3. The largest absolute Gasteiger partial charge is 0.465 e. The lowest BCUT2D eigenvalue weighted by Gasteiger charge is -2.35. The number of nitrogens with zero attached hydrogens (tertiary/aromatic N) is 3. The Bertz CT molecular complexity index is 943. The number of carbonyl (C=O) groups excluding carboxylic acids is 1. The number of nitrogens with one attached hydrogen (secondary N) is 1. The van der Waals surface area contributed by atoms with E-state index in [4.69, 9.17) is 5.11 Å². The van der Waals surface area contributed by atoms with Crippen LogP contribution in [0.25, 0.3) is 0 Å². The van der Waals surface area contributed by atoms with Crippen molar-refractivity contribution in [2.45, 2.75) is 44.7 Å². The Balaban J connectivity index is 0.000000469. The molecule has 1 aliphatic heterocycles. The Hall–Kier alpha value is -3.30. The Morgan fingerprint density at radius 2 is 1.47 bits per heavy atom. The van der Waals surface area contributed by atoms with E-state index in [0.29, 0.717) is 24.6 Å². The maximum absolute atomic E-state index is 13.1. The summed E-state index contributed by atoms with van der Waals surface area (Å²) in [6.45, 7) is 1.31. The van der Waals surface area contributed by atoms with E-state index in [1.54, 1.807) is 12.1 Å². The maximum Gasteiger partial charge on any atom is 0.417 e. The fourth-order valence-electron chi connectivity index (χ4n) is 4.06. The molecule has 2 heterocycles. The SMILES string of the molecule is C1CCCCC1.O=C(O)Nc1ccc(N2CCN(C(=O)c3ccccc3C(F)(F)F)CC2)nc1. The number of pyridine rings is 1. The Morgan fingerprint density at radius 3 is 1.97 bits per heavy atom. The van der Waals surface area contributed by atoms with Gasteiger partial charge in [0.15, 0.2) is 0 Å². The van der Waals surface area contributed by atoms with Gasteiger partial charge in [-0.3, -0.25) is 10.1 Å². The van der Waals surface area contributed by atoms with Gasteiger partial charge in [-0.25, -0.2) is 9.78 Å². The van der Waals surface area contributed by atoms with E-state index in [1.165, 1.54) is 67.8 Å². The van der Waals surface area contributed by atoms with Crippen LogP contribution in [0.5, 0.6) is 0 Å². The molecule has 10 heteroatoms. The molecular weight excluding hydrogens is 449 g/mol. The van der Waals surface area contributed by atoms with Crippen molar-refractivity contribution >= 4 is 23.5 Å². The Kier molecular flexibility index (Phi) is 8.72. The number of aromatic nitrogens is 1. The lowest BCUT2D eigenvalue weighted by atomic mass is 10.0. The summed E-state index contributed by atoms with van der Waals surface area (Å²) in [4.78, 5) is 30.6. The molecule has 1 aromatic carbocycles. The van der Waals surface area contributed by atoms with Crippen molar-refractivity contribution in [1.29, 1.82) is 0 Å². The first kappa shape index (κ1) is 25.3. The van der Waals surface area contributed by atoms with E-state index in [-0.39, 0.29) is 18.7 Å². The first-order chi connectivity index (χ1) is 16.3. The van der Waals surface area contributed by atoms with E-state index < -0.39 is 23.7 Å². The number of alkyl halides is 3. The molecule has 1 saturated carbocycles. The van der Waals surface area contributed by atoms with Crippen LogP contribution in [0.1, 0.15) is 54.4 Å². The molecule has 2 aliphatic rings. The third kappa shape index (κ3) is 7.10. The molecule has 0 unspecified atom stereocenters. The molecule has 4 rings (SSSR count). The molecule has 7 nitrogen and oxygen atoms in total. The van der Waals surface area contributed by atoms with Gasteiger partial charge in [0.1, 0.15) is 5.82 Å². The average Bonchev–Trinajstić information content (AvgIpc) is 2.85. The average molecular weight is 479 g/mol. The molecule has 2 amide bonds. The van der Waals surface area contributed by atoms with Crippen LogP contribution in [0.2, 0.25) is 0 Å². The van der Waals surface area contributed by atoms with Crippen molar-refractivity contribution in [2.75, 3.05) is 36.4 Å². The van der Waals surface area contributed by atoms with Gasteiger partial charge in [0, 0.05) is 26.2 Å². The molecule has 2 N–H and O–H groups in total. The van der Waals surface area contributed by atoms with Crippen molar-refractivity contribution in [1.82, 2.24) is 9.88 Å². The minimum atomic E-state index is -4.59. The first-order valence-electron chi connectivity index (χ1n) is 11.4. The van der Waals surface area contributed by atoms with Crippen molar-refractivity contribution in [3.05, 3.63) is 53.7 Å². The molecule has 0 bridgehead atoms. The van der Waals surface area contributed by atoms with Gasteiger partial charge in [-0.15, -0.1) is 0 Å². The number of piperazine rings is 1. The highest BCUT2D eigenvalue weighted by Crippen LogP contribution is 2.32. The minimum Gasteiger partial charge on any atom is -0.465 e.